The minimum Gasteiger partial charge on any atom is -0.278 e. The highest BCUT2D eigenvalue weighted by Gasteiger charge is 2.32. The maximum absolute atomic E-state index is 13.1. The van der Waals surface area contributed by atoms with Crippen LogP contribution in [0.1, 0.15) is 35.2 Å². The molecule has 0 radical (unpaired) electrons. The van der Waals surface area contributed by atoms with Gasteiger partial charge in [0.15, 0.2) is 0 Å². The largest absolute Gasteiger partial charge is 0.278 e. The number of aryl methyl sites for hydroxylation is 1. The van der Waals surface area contributed by atoms with E-state index in [0.29, 0.717) is 12.1 Å². The molecule has 1 fully saturated rings. The lowest BCUT2D eigenvalue weighted by Crippen LogP contribution is -2.41. The lowest BCUT2D eigenvalue weighted by atomic mass is 10.2. The Labute approximate surface area is 151 Å². The standard InChI is InChI=1S/C20H20FNO2S/c1-14-6-2-3-7-17(14)25-18-8-4-5-13-22(20(18)24)19(23)15-9-11-16(21)12-10-15/h2-3,6-7,9-12,18H,4-5,8,13H2,1H3/t18-/m1/s1. The van der Waals surface area contributed by atoms with Crippen LogP contribution >= 0.6 is 11.8 Å². The number of amides is 2. The Kier molecular flexibility index (Phi) is 5.53. The Bertz CT molecular complexity index is 776. The summed E-state index contributed by atoms with van der Waals surface area (Å²) in [6, 6.07) is 13.3. The SMILES string of the molecule is Cc1ccccc1S[C@@H]1CCCCN(C(=O)c2ccc(F)cc2)C1=O. The van der Waals surface area contributed by atoms with Crippen molar-refractivity contribution in [1.29, 1.82) is 0 Å². The van der Waals surface area contributed by atoms with Crippen LogP contribution in [0.3, 0.4) is 0 Å². The van der Waals surface area contributed by atoms with Crippen molar-refractivity contribution in [2.75, 3.05) is 6.54 Å². The molecule has 0 aliphatic carbocycles. The molecule has 0 aromatic heterocycles. The van der Waals surface area contributed by atoms with Gasteiger partial charge in [-0.25, -0.2) is 4.39 Å². The van der Waals surface area contributed by atoms with E-state index in [1.807, 2.05) is 31.2 Å². The van der Waals surface area contributed by atoms with Crippen LogP contribution in [0.25, 0.3) is 0 Å². The molecule has 1 heterocycles. The second kappa shape index (κ2) is 7.83. The molecular formula is C20H20FNO2S. The van der Waals surface area contributed by atoms with Gasteiger partial charge in [0.1, 0.15) is 5.82 Å². The molecule has 1 aliphatic heterocycles. The maximum Gasteiger partial charge on any atom is 0.260 e. The van der Waals surface area contributed by atoms with Gasteiger partial charge in [-0.15, -0.1) is 11.8 Å². The van der Waals surface area contributed by atoms with E-state index < -0.39 is 5.82 Å². The molecule has 0 bridgehead atoms. The predicted molar refractivity (Wildman–Crippen MR) is 97.1 cm³/mol. The van der Waals surface area contributed by atoms with E-state index in [1.54, 1.807) is 0 Å². The number of thioether (sulfide) groups is 1. The summed E-state index contributed by atoms with van der Waals surface area (Å²) in [5.74, 6) is -0.894. The van der Waals surface area contributed by atoms with Gasteiger partial charge in [0.2, 0.25) is 5.91 Å². The quantitative estimate of drug-likeness (QED) is 0.762. The van der Waals surface area contributed by atoms with Gasteiger partial charge in [-0.3, -0.25) is 14.5 Å². The molecule has 3 rings (SSSR count). The first-order chi connectivity index (χ1) is 12.1. The zero-order chi connectivity index (χ0) is 17.8. The lowest BCUT2D eigenvalue weighted by Gasteiger charge is -2.23. The van der Waals surface area contributed by atoms with Crippen LogP contribution in [-0.2, 0) is 4.79 Å². The summed E-state index contributed by atoms with van der Waals surface area (Å²) < 4.78 is 13.1. The van der Waals surface area contributed by atoms with Crippen molar-refractivity contribution in [3.63, 3.8) is 0 Å². The first-order valence-corrected chi connectivity index (χ1v) is 9.28. The van der Waals surface area contributed by atoms with Gasteiger partial charge in [0, 0.05) is 17.0 Å². The highest BCUT2D eigenvalue weighted by Crippen LogP contribution is 2.32. The van der Waals surface area contributed by atoms with E-state index in [4.69, 9.17) is 0 Å². The molecule has 0 unspecified atom stereocenters. The van der Waals surface area contributed by atoms with Crippen molar-refractivity contribution in [2.45, 2.75) is 36.3 Å². The van der Waals surface area contributed by atoms with Crippen molar-refractivity contribution in [3.8, 4) is 0 Å². The van der Waals surface area contributed by atoms with E-state index in [1.165, 1.54) is 40.9 Å². The van der Waals surface area contributed by atoms with E-state index in [9.17, 15) is 14.0 Å². The molecule has 5 heteroatoms. The Hall–Kier alpha value is -2.14. The Morgan fingerprint density at radius 3 is 2.56 bits per heavy atom. The summed E-state index contributed by atoms with van der Waals surface area (Å²) in [6.07, 6.45) is 2.46. The molecular weight excluding hydrogens is 337 g/mol. The van der Waals surface area contributed by atoms with Crippen LogP contribution in [-0.4, -0.2) is 28.5 Å². The Morgan fingerprint density at radius 2 is 1.84 bits per heavy atom. The molecule has 2 aromatic rings. The molecule has 1 aliphatic rings. The fourth-order valence-corrected chi connectivity index (χ4v) is 4.14. The third-order valence-electron chi connectivity index (χ3n) is 4.34. The number of hydrogen-bond acceptors (Lipinski definition) is 3. The van der Waals surface area contributed by atoms with Crippen molar-refractivity contribution in [1.82, 2.24) is 4.90 Å². The van der Waals surface area contributed by atoms with Crippen LogP contribution < -0.4 is 0 Å². The minimum absolute atomic E-state index is 0.153. The second-order valence-corrected chi connectivity index (χ2v) is 7.41. The van der Waals surface area contributed by atoms with Crippen molar-refractivity contribution >= 4 is 23.6 Å². The number of imide groups is 1. The summed E-state index contributed by atoms with van der Waals surface area (Å²) in [5.41, 5.74) is 1.47. The third kappa shape index (κ3) is 4.10. The number of hydrogen-bond donors (Lipinski definition) is 0. The number of likely N-dealkylation sites (tertiary alicyclic amines) is 1. The van der Waals surface area contributed by atoms with Gasteiger partial charge >= 0.3 is 0 Å². The Morgan fingerprint density at radius 1 is 1.12 bits per heavy atom. The van der Waals surface area contributed by atoms with Crippen molar-refractivity contribution in [3.05, 3.63) is 65.5 Å². The zero-order valence-electron chi connectivity index (χ0n) is 14.1. The predicted octanol–water partition coefficient (Wildman–Crippen LogP) is 4.45. The number of benzene rings is 2. The number of rotatable bonds is 3. The van der Waals surface area contributed by atoms with E-state index in [0.717, 1.165) is 29.7 Å². The van der Waals surface area contributed by atoms with Gasteiger partial charge in [-0.2, -0.15) is 0 Å². The minimum atomic E-state index is -0.397. The van der Waals surface area contributed by atoms with Gasteiger partial charge in [0.25, 0.3) is 5.91 Å². The van der Waals surface area contributed by atoms with Crippen LogP contribution in [0, 0.1) is 12.7 Å². The first kappa shape index (κ1) is 17.7. The van der Waals surface area contributed by atoms with Gasteiger partial charge < -0.3 is 0 Å². The highest BCUT2D eigenvalue weighted by molar-refractivity contribution is 8.00. The normalized spacial score (nSPS) is 18.1. The fraction of sp³-hybridized carbons (Fsp3) is 0.300. The average molecular weight is 357 g/mol. The molecule has 1 saturated heterocycles. The maximum atomic E-state index is 13.1. The molecule has 2 aromatic carbocycles. The summed E-state index contributed by atoms with van der Waals surface area (Å²) in [6.45, 7) is 2.44. The molecule has 1 atom stereocenters. The van der Waals surface area contributed by atoms with Gasteiger partial charge in [-0.05, 0) is 55.7 Å². The second-order valence-electron chi connectivity index (χ2n) is 6.17. The van der Waals surface area contributed by atoms with Crippen molar-refractivity contribution in [2.24, 2.45) is 0 Å². The summed E-state index contributed by atoms with van der Waals surface area (Å²) in [5, 5.41) is -0.270. The highest BCUT2D eigenvalue weighted by atomic mass is 32.2. The molecule has 0 N–H and O–H groups in total. The zero-order valence-corrected chi connectivity index (χ0v) is 14.9. The third-order valence-corrected chi connectivity index (χ3v) is 5.77. The molecule has 0 spiro atoms. The molecule has 3 nitrogen and oxygen atoms in total. The van der Waals surface area contributed by atoms with Crippen LogP contribution in [0.5, 0.6) is 0 Å². The van der Waals surface area contributed by atoms with Crippen LogP contribution in [0.2, 0.25) is 0 Å². The number of halogens is 1. The van der Waals surface area contributed by atoms with Crippen LogP contribution in [0.4, 0.5) is 4.39 Å². The lowest BCUT2D eigenvalue weighted by molar-refractivity contribution is -0.127. The molecule has 0 saturated carbocycles. The number of nitrogens with zero attached hydrogens (tertiary/aromatic N) is 1. The van der Waals surface area contributed by atoms with E-state index >= 15 is 0 Å². The van der Waals surface area contributed by atoms with Crippen LogP contribution in [0.15, 0.2) is 53.4 Å². The topological polar surface area (TPSA) is 37.4 Å². The van der Waals surface area contributed by atoms with Gasteiger partial charge in [-0.1, -0.05) is 24.6 Å². The average Bonchev–Trinajstić information content (AvgIpc) is 2.79. The monoisotopic (exact) mass is 357 g/mol. The number of carbonyl (C=O) groups excluding carboxylic acids is 2. The van der Waals surface area contributed by atoms with Crippen molar-refractivity contribution < 1.29 is 14.0 Å². The number of carbonyl (C=O) groups is 2. The molecule has 130 valence electrons. The summed E-state index contributed by atoms with van der Waals surface area (Å²) in [4.78, 5) is 28.1. The summed E-state index contributed by atoms with van der Waals surface area (Å²) >= 11 is 1.53. The van der Waals surface area contributed by atoms with Gasteiger partial charge in [0.05, 0.1) is 5.25 Å². The van der Waals surface area contributed by atoms with E-state index in [2.05, 4.69) is 0 Å². The fourth-order valence-electron chi connectivity index (χ4n) is 2.91. The smallest absolute Gasteiger partial charge is 0.260 e. The molecule has 2 amide bonds. The van der Waals surface area contributed by atoms with E-state index in [-0.39, 0.29) is 17.1 Å². The Balaban J connectivity index is 1.80. The first-order valence-electron chi connectivity index (χ1n) is 8.40. The molecule has 25 heavy (non-hydrogen) atoms. The summed E-state index contributed by atoms with van der Waals surface area (Å²) in [7, 11) is 0.